The third-order valence-electron chi connectivity index (χ3n) is 3.25. The molecule has 2 N–H and O–H groups in total. The highest BCUT2D eigenvalue weighted by Crippen LogP contribution is 2.11. The molecule has 0 aromatic heterocycles. The minimum atomic E-state index is 0.00756. The number of nitrogens with one attached hydrogen (secondary N) is 2. The molecular weight excluding hydrogens is 220 g/mol. The van der Waals surface area contributed by atoms with Crippen LogP contribution in [0.4, 0.5) is 0 Å². The number of ether oxygens (including phenoxy) is 2. The van der Waals surface area contributed by atoms with Crippen LogP contribution in [0.15, 0.2) is 0 Å². The second-order valence-corrected chi connectivity index (χ2v) is 4.65. The normalized spacial score (nSPS) is 28.5. The van der Waals surface area contributed by atoms with Crippen molar-refractivity contribution in [2.45, 2.75) is 37.8 Å². The predicted molar refractivity (Wildman–Crippen MR) is 63.8 cm³/mol. The summed E-state index contributed by atoms with van der Waals surface area (Å²) in [6.07, 6.45) is 4.54. The van der Waals surface area contributed by atoms with E-state index in [1.54, 1.807) is 0 Å². The maximum absolute atomic E-state index is 11.6. The summed E-state index contributed by atoms with van der Waals surface area (Å²) in [6, 6.07) is 0.00756. The molecule has 1 amide bonds. The van der Waals surface area contributed by atoms with Gasteiger partial charge in [0.2, 0.25) is 5.91 Å². The van der Waals surface area contributed by atoms with Crippen molar-refractivity contribution in [1.29, 1.82) is 0 Å². The van der Waals surface area contributed by atoms with Gasteiger partial charge >= 0.3 is 0 Å². The Hall–Kier alpha value is -0.650. The maximum Gasteiger partial charge on any atom is 0.237 e. The third-order valence-corrected chi connectivity index (χ3v) is 3.25. The number of carbonyl (C=O) groups excluding carboxylic acids is 1. The van der Waals surface area contributed by atoms with Crippen molar-refractivity contribution < 1.29 is 14.3 Å². The summed E-state index contributed by atoms with van der Waals surface area (Å²) < 4.78 is 10.9. The molecule has 0 bridgehead atoms. The molecule has 5 nitrogen and oxygen atoms in total. The van der Waals surface area contributed by atoms with E-state index < -0.39 is 0 Å². The summed E-state index contributed by atoms with van der Waals surface area (Å²) in [4.78, 5) is 11.6. The van der Waals surface area contributed by atoms with E-state index in [4.69, 9.17) is 9.47 Å². The standard InChI is InChI=1S/C12H22N2O3/c15-12(11-4-1-5-13-11)14-6-8-16-9-10-3-2-7-17-10/h10-11,13H,1-9H2,(H,14,15)/t10-,11+/m0/s1. The molecule has 0 aromatic rings. The van der Waals surface area contributed by atoms with Crippen molar-refractivity contribution >= 4 is 5.91 Å². The van der Waals surface area contributed by atoms with E-state index in [9.17, 15) is 4.79 Å². The van der Waals surface area contributed by atoms with Gasteiger partial charge in [0.05, 0.1) is 25.4 Å². The lowest BCUT2D eigenvalue weighted by Gasteiger charge is -2.12. The van der Waals surface area contributed by atoms with E-state index in [-0.39, 0.29) is 18.1 Å². The number of amides is 1. The number of carbonyl (C=O) groups is 1. The lowest BCUT2D eigenvalue weighted by atomic mass is 10.2. The van der Waals surface area contributed by atoms with E-state index in [1.807, 2.05) is 0 Å². The van der Waals surface area contributed by atoms with Gasteiger partial charge in [-0.2, -0.15) is 0 Å². The number of hydrogen-bond acceptors (Lipinski definition) is 4. The summed E-state index contributed by atoms with van der Waals surface area (Å²) in [7, 11) is 0. The smallest absolute Gasteiger partial charge is 0.237 e. The first-order valence-corrected chi connectivity index (χ1v) is 6.57. The van der Waals surface area contributed by atoms with Crippen molar-refractivity contribution in [3.8, 4) is 0 Å². The van der Waals surface area contributed by atoms with Gasteiger partial charge in [0.1, 0.15) is 0 Å². The Balaban J connectivity index is 1.46. The Labute approximate surface area is 102 Å². The van der Waals surface area contributed by atoms with Crippen LogP contribution in [-0.2, 0) is 14.3 Å². The zero-order valence-corrected chi connectivity index (χ0v) is 10.2. The minimum Gasteiger partial charge on any atom is -0.377 e. The molecular formula is C12H22N2O3. The van der Waals surface area contributed by atoms with Crippen molar-refractivity contribution in [3.05, 3.63) is 0 Å². The zero-order valence-electron chi connectivity index (χ0n) is 10.2. The molecule has 2 fully saturated rings. The monoisotopic (exact) mass is 242 g/mol. The molecule has 2 aliphatic heterocycles. The molecule has 2 atom stereocenters. The lowest BCUT2D eigenvalue weighted by Crippen LogP contribution is -2.41. The van der Waals surface area contributed by atoms with Crippen molar-refractivity contribution in [3.63, 3.8) is 0 Å². The molecule has 0 aromatic carbocycles. The average Bonchev–Trinajstić information content (AvgIpc) is 3.01. The molecule has 0 radical (unpaired) electrons. The molecule has 5 heteroatoms. The fourth-order valence-electron chi connectivity index (χ4n) is 2.27. The van der Waals surface area contributed by atoms with Crippen LogP contribution in [-0.4, -0.2) is 51.0 Å². The van der Waals surface area contributed by atoms with Crippen LogP contribution < -0.4 is 10.6 Å². The molecule has 2 saturated heterocycles. The van der Waals surface area contributed by atoms with E-state index in [0.29, 0.717) is 19.8 Å². The minimum absolute atomic E-state index is 0.00756. The Morgan fingerprint density at radius 2 is 2.35 bits per heavy atom. The Morgan fingerprint density at radius 3 is 3.06 bits per heavy atom. The number of hydrogen-bond donors (Lipinski definition) is 2. The summed E-state index contributed by atoms with van der Waals surface area (Å²) in [6.45, 7) is 3.62. The van der Waals surface area contributed by atoms with Gasteiger partial charge < -0.3 is 20.1 Å². The molecule has 0 spiro atoms. The summed E-state index contributed by atoms with van der Waals surface area (Å²) in [5.41, 5.74) is 0. The Kier molecular flexibility index (Phi) is 5.22. The van der Waals surface area contributed by atoms with E-state index in [1.165, 1.54) is 0 Å². The van der Waals surface area contributed by atoms with Crippen LogP contribution in [0, 0.1) is 0 Å². The molecule has 0 aliphatic carbocycles. The number of rotatable bonds is 6. The molecule has 2 aliphatic rings. The summed E-state index contributed by atoms with van der Waals surface area (Å²) in [5, 5.41) is 6.05. The first-order valence-electron chi connectivity index (χ1n) is 6.57. The topological polar surface area (TPSA) is 59.6 Å². The fraction of sp³-hybridized carbons (Fsp3) is 0.917. The van der Waals surface area contributed by atoms with Gasteiger partial charge in [-0.3, -0.25) is 4.79 Å². The predicted octanol–water partition coefficient (Wildman–Crippen LogP) is 0.0502. The summed E-state index contributed by atoms with van der Waals surface area (Å²) in [5.74, 6) is 0.100. The van der Waals surface area contributed by atoms with Crippen LogP contribution in [0.3, 0.4) is 0 Å². The summed E-state index contributed by atoms with van der Waals surface area (Å²) >= 11 is 0. The van der Waals surface area contributed by atoms with Crippen molar-refractivity contribution in [2.75, 3.05) is 32.9 Å². The quantitative estimate of drug-likeness (QED) is 0.646. The molecule has 0 unspecified atom stereocenters. The van der Waals surface area contributed by atoms with E-state index in [2.05, 4.69) is 10.6 Å². The first kappa shape index (κ1) is 12.8. The first-order chi connectivity index (χ1) is 8.36. The highest BCUT2D eigenvalue weighted by atomic mass is 16.5. The van der Waals surface area contributed by atoms with Gasteiger partial charge in [0.25, 0.3) is 0 Å². The van der Waals surface area contributed by atoms with Crippen LogP contribution >= 0.6 is 0 Å². The average molecular weight is 242 g/mol. The molecule has 98 valence electrons. The van der Waals surface area contributed by atoms with Crippen LogP contribution in [0.25, 0.3) is 0 Å². The van der Waals surface area contributed by atoms with Gasteiger partial charge in [-0.15, -0.1) is 0 Å². The second-order valence-electron chi connectivity index (χ2n) is 4.65. The van der Waals surface area contributed by atoms with Crippen molar-refractivity contribution in [2.24, 2.45) is 0 Å². The highest BCUT2D eigenvalue weighted by molar-refractivity contribution is 5.81. The van der Waals surface area contributed by atoms with Crippen molar-refractivity contribution in [1.82, 2.24) is 10.6 Å². The van der Waals surface area contributed by atoms with Gasteiger partial charge in [-0.1, -0.05) is 0 Å². The van der Waals surface area contributed by atoms with E-state index in [0.717, 1.165) is 38.8 Å². The van der Waals surface area contributed by atoms with Gasteiger partial charge in [0.15, 0.2) is 0 Å². The lowest BCUT2D eigenvalue weighted by molar-refractivity contribution is -0.123. The van der Waals surface area contributed by atoms with Crippen LogP contribution in [0.1, 0.15) is 25.7 Å². The molecule has 2 rings (SSSR count). The Morgan fingerprint density at radius 1 is 1.41 bits per heavy atom. The SMILES string of the molecule is O=C(NCCOC[C@@H]1CCCO1)[C@H]1CCCN1. The van der Waals surface area contributed by atoms with Gasteiger partial charge in [0, 0.05) is 13.2 Å². The fourth-order valence-corrected chi connectivity index (χ4v) is 2.27. The zero-order chi connectivity index (χ0) is 11.9. The Bertz CT molecular complexity index is 236. The van der Waals surface area contributed by atoms with E-state index >= 15 is 0 Å². The molecule has 0 saturated carbocycles. The van der Waals surface area contributed by atoms with Gasteiger partial charge in [-0.25, -0.2) is 0 Å². The van der Waals surface area contributed by atoms with Crippen LogP contribution in [0.2, 0.25) is 0 Å². The molecule has 2 heterocycles. The third kappa shape index (κ3) is 4.26. The van der Waals surface area contributed by atoms with Gasteiger partial charge in [-0.05, 0) is 32.2 Å². The van der Waals surface area contributed by atoms with Crippen LogP contribution in [0.5, 0.6) is 0 Å². The largest absolute Gasteiger partial charge is 0.377 e. The second kappa shape index (κ2) is 6.93. The molecule has 17 heavy (non-hydrogen) atoms. The maximum atomic E-state index is 11.6. The highest BCUT2D eigenvalue weighted by Gasteiger charge is 2.21.